The van der Waals surface area contributed by atoms with Crippen LogP contribution < -0.4 is 11.1 Å². The van der Waals surface area contributed by atoms with Gasteiger partial charge in [-0.15, -0.1) is 11.3 Å². The topological polar surface area (TPSA) is 77.1 Å². The van der Waals surface area contributed by atoms with Crippen molar-refractivity contribution in [2.75, 3.05) is 5.32 Å². The molecule has 0 aliphatic heterocycles. The maximum Gasteiger partial charge on any atom is 0.273 e. The quantitative estimate of drug-likeness (QED) is 0.643. The Balaban J connectivity index is 2.08. The van der Waals surface area contributed by atoms with Crippen LogP contribution in [0.2, 0.25) is 0 Å². The first-order valence-corrected chi connectivity index (χ1v) is 9.97. The number of para-hydroxylation sites is 1. The number of carbonyl (C=O) groups is 2. The van der Waals surface area contributed by atoms with E-state index in [1.54, 1.807) is 0 Å². The van der Waals surface area contributed by atoms with E-state index in [9.17, 15) is 9.59 Å². The molecule has 6 heteroatoms. The van der Waals surface area contributed by atoms with E-state index in [0.29, 0.717) is 16.3 Å². The number of aryl methyl sites for hydroxylation is 3. The van der Waals surface area contributed by atoms with Crippen LogP contribution in [0.4, 0.5) is 5.00 Å². The smallest absolute Gasteiger partial charge is 0.273 e. The minimum Gasteiger partial charge on any atom is -0.365 e. The second-order valence-electron chi connectivity index (χ2n) is 6.80. The van der Waals surface area contributed by atoms with Crippen LogP contribution in [0.1, 0.15) is 56.6 Å². The highest BCUT2D eigenvalue weighted by molar-refractivity contribution is 7.16. The summed E-state index contributed by atoms with van der Waals surface area (Å²) in [5, 5.41) is 4.55. The van der Waals surface area contributed by atoms with Gasteiger partial charge in [-0.05, 0) is 44.4 Å². The van der Waals surface area contributed by atoms with Gasteiger partial charge in [0.1, 0.15) is 10.7 Å². The molecule has 1 aromatic carbocycles. The van der Waals surface area contributed by atoms with Crippen molar-refractivity contribution in [2.45, 2.75) is 47.1 Å². The largest absolute Gasteiger partial charge is 0.365 e. The van der Waals surface area contributed by atoms with Crippen LogP contribution in [0.5, 0.6) is 0 Å². The third-order valence-corrected chi connectivity index (χ3v) is 6.16. The van der Waals surface area contributed by atoms with Crippen LogP contribution in [-0.4, -0.2) is 16.4 Å². The maximum atomic E-state index is 13.2. The van der Waals surface area contributed by atoms with Crippen LogP contribution in [0, 0.1) is 20.8 Å². The zero-order chi connectivity index (χ0) is 19.7. The van der Waals surface area contributed by atoms with Gasteiger partial charge >= 0.3 is 0 Å². The number of nitrogens with zero attached hydrogens (tertiary/aromatic N) is 1. The fourth-order valence-corrected chi connectivity index (χ4v) is 4.55. The number of aromatic nitrogens is 1. The number of primary amides is 1. The molecule has 3 aromatic rings. The van der Waals surface area contributed by atoms with E-state index in [2.05, 4.69) is 16.8 Å². The lowest BCUT2D eigenvalue weighted by Gasteiger charge is -2.11. The standard InChI is InChI=1S/C21H25N3O2S/c1-5-6-11-24-16-10-8-7-9-15(16)13(3)18(24)20(26)23-21-17(19(22)25)12(2)14(4)27-21/h7-10H,5-6,11H2,1-4H3,(H2,22,25)(H,23,26). The molecular weight excluding hydrogens is 358 g/mol. The van der Waals surface area contributed by atoms with E-state index in [1.165, 1.54) is 11.3 Å². The van der Waals surface area contributed by atoms with Crippen molar-refractivity contribution in [1.82, 2.24) is 4.57 Å². The minimum atomic E-state index is -0.518. The molecule has 5 nitrogen and oxygen atoms in total. The normalized spacial score (nSPS) is 11.1. The van der Waals surface area contributed by atoms with Crippen molar-refractivity contribution >= 4 is 39.1 Å². The molecule has 142 valence electrons. The van der Waals surface area contributed by atoms with E-state index in [4.69, 9.17) is 5.73 Å². The number of thiophene rings is 1. The molecule has 27 heavy (non-hydrogen) atoms. The number of fused-ring (bicyclic) bond motifs is 1. The van der Waals surface area contributed by atoms with Crippen molar-refractivity contribution in [1.29, 1.82) is 0 Å². The van der Waals surface area contributed by atoms with Gasteiger partial charge in [0.25, 0.3) is 11.8 Å². The number of hydrogen-bond donors (Lipinski definition) is 2. The molecule has 0 unspecified atom stereocenters. The first-order valence-electron chi connectivity index (χ1n) is 9.15. The summed E-state index contributed by atoms with van der Waals surface area (Å²) in [7, 11) is 0. The molecule has 0 aliphatic carbocycles. The summed E-state index contributed by atoms with van der Waals surface area (Å²) in [6.45, 7) is 8.66. The highest BCUT2D eigenvalue weighted by atomic mass is 32.1. The number of anilines is 1. The van der Waals surface area contributed by atoms with E-state index in [0.717, 1.165) is 46.3 Å². The van der Waals surface area contributed by atoms with Gasteiger partial charge in [0, 0.05) is 22.3 Å². The number of nitrogens with two attached hydrogens (primary N) is 1. The first kappa shape index (κ1) is 19.2. The fraction of sp³-hybridized carbons (Fsp3) is 0.333. The van der Waals surface area contributed by atoms with Crippen LogP contribution >= 0.6 is 11.3 Å². The molecule has 0 fully saturated rings. The molecule has 2 aromatic heterocycles. The summed E-state index contributed by atoms with van der Waals surface area (Å²) in [6.07, 6.45) is 2.03. The SMILES string of the molecule is CCCCn1c(C(=O)Nc2sc(C)c(C)c2C(N)=O)c(C)c2ccccc21. The molecule has 0 radical (unpaired) electrons. The lowest BCUT2D eigenvalue weighted by atomic mass is 10.1. The molecule has 2 amide bonds. The number of nitrogens with one attached hydrogen (secondary N) is 1. The summed E-state index contributed by atoms with van der Waals surface area (Å²) >= 11 is 1.39. The summed E-state index contributed by atoms with van der Waals surface area (Å²) in [5.74, 6) is -0.723. The van der Waals surface area contributed by atoms with Crippen LogP contribution in [0.25, 0.3) is 10.9 Å². The third kappa shape index (κ3) is 3.37. The molecule has 3 N–H and O–H groups in total. The molecule has 3 rings (SSSR count). The molecule has 0 bridgehead atoms. The van der Waals surface area contributed by atoms with Gasteiger partial charge in [0.15, 0.2) is 0 Å². The van der Waals surface area contributed by atoms with E-state index in [-0.39, 0.29) is 5.91 Å². The Labute approximate surface area is 163 Å². The van der Waals surface area contributed by atoms with E-state index in [1.807, 2.05) is 45.0 Å². The second kappa shape index (κ2) is 7.56. The molecule has 2 heterocycles. The lowest BCUT2D eigenvalue weighted by molar-refractivity contribution is 0.100. The summed E-state index contributed by atoms with van der Waals surface area (Å²) in [5.41, 5.74) is 9.42. The Kier molecular flexibility index (Phi) is 5.37. The number of unbranched alkanes of at least 4 members (excludes halogenated alkanes) is 1. The van der Waals surface area contributed by atoms with Crippen molar-refractivity contribution < 1.29 is 9.59 Å². The van der Waals surface area contributed by atoms with Crippen molar-refractivity contribution in [2.24, 2.45) is 5.73 Å². The summed E-state index contributed by atoms with van der Waals surface area (Å²) in [4.78, 5) is 26.0. The van der Waals surface area contributed by atoms with Crippen LogP contribution in [0.15, 0.2) is 24.3 Å². The van der Waals surface area contributed by atoms with Crippen LogP contribution in [-0.2, 0) is 6.54 Å². The predicted octanol–water partition coefficient (Wildman–Crippen LogP) is 4.78. The Morgan fingerprint density at radius 3 is 2.52 bits per heavy atom. The number of rotatable bonds is 6. The van der Waals surface area contributed by atoms with Gasteiger partial charge in [0.2, 0.25) is 0 Å². The number of carbonyl (C=O) groups excluding carboxylic acids is 2. The second-order valence-corrected chi connectivity index (χ2v) is 8.03. The molecule has 0 spiro atoms. The fourth-order valence-electron chi connectivity index (χ4n) is 3.49. The van der Waals surface area contributed by atoms with Gasteiger partial charge in [-0.2, -0.15) is 0 Å². The van der Waals surface area contributed by atoms with Crippen molar-refractivity contribution in [3.63, 3.8) is 0 Å². The van der Waals surface area contributed by atoms with Gasteiger partial charge in [-0.3, -0.25) is 9.59 Å². The third-order valence-electron chi connectivity index (χ3n) is 5.03. The summed E-state index contributed by atoms with van der Waals surface area (Å²) < 4.78 is 2.08. The highest BCUT2D eigenvalue weighted by Gasteiger charge is 2.24. The molecule has 0 saturated carbocycles. The Bertz CT molecular complexity index is 1030. The monoisotopic (exact) mass is 383 g/mol. The zero-order valence-corrected chi connectivity index (χ0v) is 17.0. The number of benzene rings is 1. The first-order chi connectivity index (χ1) is 12.9. The van der Waals surface area contributed by atoms with Gasteiger partial charge in [0.05, 0.1) is 5.56 Å². The highest BCUT2D eigenvalue weighted by Crippen LogP contribution is 2.33. The van der Waals surface area contributed by atoms with Crippen molar-refractivity contribution in [3.05, 3.63) is 51.5 Å². The van der Waals surface area contributed by atoms with Crippen LogP contribution in [0.3, 0.4) is 0 Å². The average molecular weight is 384 g/mol. The Hall–Kier alpha value is -2.60. The van der Waals surface area contributed by atoms with Crippen molar-refractivity contribution in [3.8, 4) is 0 Å². The predicted molar refractivity (Wildman–Crippen MR) is 112 cm³/mol. The zero-order valence-electron chi connectivity index (χ0n) is 16.2. The van der Waals surface area contributed by atoms with E-state index >= 15 is 0 Å². The maximum absolute atomic E-state index is 13.2. The molecule has 0 saturated heterocycles. The summed E-state index contributed by atoms with van der Waals surface area (Å²) in [6, 6.07) is 8.06. The molecule has 0 aliphatic rings. The van der Waals surface area contributed by atoms with E-state index < -0.39 is 5.91 Å². The Morgan fingerprint density at radius 1 is 1.15 bits per heavy atom. The Morgan fingerprint density at radius 2 is 1.85 bits per heavy atom. The minimum absolute atomic E-state index is 0.205. The number of amides is 2. The van der Waals surface area contributed by atoms with Gasteiger partial charge in [-0.1, -0.05) is 31.5 Å². The molecule has 0 atom stereocenters. The molecular formula is C21H25N3O2S. The van der Waals surface area contributed by atoms with Gasteiger partial charge in [-0.25, -0.2) is 0 Å². The number of hydrogen-bond acceptors (Lipinski definition) is 3. The average Bonchev–Trinajstić information content (AvgIpc) is 3.07. The van der Waals surface area contributed by atoms with Gasteiger partial charge < -0.3 is 15.6 Å². The lowest BCUT2D eigenvalue weighted by Crippen LogP contribution is -2.20.